The lowest BCUT2D eigenvalue weighted by atomic mass is 10.1. The maximum absolute atomic E-state index is 11.2. The van der Waals surface area contributed by atoms with Gasteiger partial charge in [-0.25, -0.2) is 4.98 Å². The van der Waals surface area contributed by atoms with Gasteiger partial charge in [-0.05, 0) is 25.1 Å². The van der Waals surface area contributed by atoms with E-state index in [-0.39, 0.29) is 5.78 Å². The molecule has 2 aromatic rings. The van der Waals surface area contributed by atoms with Crippen molar-refractivity contribution in [3.63, 3.8) is 0 Å². The van der Waals surface area contributed by atoms with Gasteiger partial charge in [0.05, 0.1) is 0 Å². The number of aromatic nitrogens is 3. The first-order chi connectivity index (χ1) is 8.66. The molecule has 94 valence electrons. The van der Waals surface area contributed by atoms with Gasteiger partial charge in [0, 0.05) is 29.9 Å². The number of hydrogen-bond donors (Lipinski definition) is 3. The fraction of sp³-hybridized carbons (Fsp3) is 0.250. The van der Waals surface area contributed by atoms with E-state index < -0.39 is 0 Å². The lowest BCUT2D eigenvalue weighted by Crippen LogP contribution is -2.07. The number of nitrogens with one attached hydrogen (secondary N) is 2. The number of aromatic amines is 1. The van der Waals surface area contributed by atoms with Crippen molar-refractivity contribution in [3.8, 4) is 0 Å². The molecule has 0 aliphatic heterocycles. The molecule has 1 heterocycles. The van der Waals surface area contributed by atoms with Crippen LogP contribution in [0.15, 0.2) is 24.5 Å². The van der Waals surface area contributed by atoms with Gasteiger partial charge in [-0.2, -0.15) is 5.10 Å². The van der Waals surface area contributed by atoms with E-state index in [0.717, 1.165) is 17.9 Å². The van der Waals surface area contributed by atoms with Crippen molar-refractivity contribution >= 4 is 17.2 Å². The maximum Gasteiger partial charge on any atom is 0.161 e. The number of ketones is 1. The minimum atomic E-state index is -0.0271. The first-order valence-electron chi connectivity index (χ1n) is 5.65. The van der Waals surface area contributed by atoms with Crippen LogP contribution in [-0.2, 0) is 6.42 Å². The minimum absolute atomic E-state index is 0.0271. The number of carbonyl (C=O) groups excluding carboxylic acids is 1. The fourth-order valence-electron chi connectivity index (χ4n) is 1.67. The molecule has 1 aromatic carbocycles. The first-order valence-corrected chi connectivity index (χ1v) is 5.65. The molecular weight excluding hydrogens is 230 g/mol. The van der Waals surface area contributed by atoms with Gasteiger partial charge < -0.3 is 11.1 Å². The summed E-state index contributed by atoms with van der Waals surface area (Å²) in [6, 6.07) is 5.33. The van der Waals surface area contributed by atoms with Crippen LogP contribution in [0.5, 0.6) is 0 Å². The van der Waals surface area contributed by atoms with Crippen LogP contribution in [0.1, 0.15) is 23.1 Å². The standard InChI is InChI=1S/C12H15N5O/c1-8(18)10-3-2-9(6-11(10)13)14-5-4-12-15-7-16-17-12/h2-3,6-7,14H,4-5,13H2,1H3,(H,15,16,17). The Hall–Kier alpha value is -2.37. The number of nitrogens with zero attached hydrogens (tertiary/aromatic N) is 2. The van der Waals surface area contributed by atoms with Crippen LogP contribution in [0.25, 0.3) is 0 Å². The van der Waals surface area contributed by atoms with E-state index in [4.69, 9.17) is 5.73 Å². The van der Waals surface area contributed by atoms with Crippen molar-refractivity contribution in [2.45, 2.75) is 13.3 Å². The molecule has 2 rings (SSSR count). The number of H-pyrrole nitrogens is 1. The van der Waals surface area contributed by atoms with Crippen molar-refractivity contribution < 1.29 is 4.79 Å². The molecule has 0 saturated heterocycles. The fourth-order valence-corrected chi connectivity index (χ4v) is 1.67. The topological polar surface area (TPSA) is 96.7 Å². The van der Waals surface area contributed by atoms with Gasteiger partial charge in [-0.3, -0.25) is 9.89 Å². The Morgan fingerprint density at radius 2 is 2.33 bits per heavy atom. The lowest BCUT2D eigenvalue weighted by Gasteiger charge is -2.08. The molecule has 0 aliphatic carbocycles. The second-order valence-corrected chi connectivity index (χ2v) is 3.97. The summed E-state index contributed by atoms with van der Waals surface area (Å²) in [4.78, 5) is 15.3. The Labute approximate surface area is 105 Å². The quantitative estimate of drug-likeness (QED) is 0.544. The molecule has 1 aromatic heterocycles. The van der Waals surface area contributed by atoms with E-state index in [2.05, 4.69) is 20.5 Å². The molecule has 0 fully saturated rings. The molecule has 6 nitrogen and oxygen atoms in total. The summed E-state index contributed by atoms with van der Waals surface area (Å²) in [5.41, 5.74) is 7.73. The summed E-state index contributed by atoms with van der Waals surface area (Å²) in [5.74, 6) is 0.802. The van der Waals surface area contributed by atoms with Gasteiger partial charge in [0.25, 0.3) is 0 Å². The molecule has 0 bridgehead atoms. The molecular formula is C12H15N5O. The zero-order chi connectivity index (χ0) is 13.0. The highest BCUT2D eigenvalue weighted by molar-refractivity contribution is 5.99. The van der Waals surface area contributed by atoms with Gasteiger partial charge in [-0.15, -0.1) is 0 Å². The third kappa shape index (κ3) is 2.85. The molecule has 0 saturated carbocycles. The smallest absolute Gasteiger partial charge is 0.161 e. The highest BCUT2D eigenvalue weighted by Gasteiger charge is 2.05. The van der Waals surface area contributed by atoms with Crippen LogP contribution < -0.4 is 11.1 Å². The van der Waals surface area contributed by atoms with E-state index in [1.165, 1.54) is 13.3 Å². The van der Waals surface area contributed by atoms with Crippen molar-refractivity contribution in [3.05, 3.63) is 35.9 Å². The highest BCUT2D eigenvalue weighted by Crippen LogP contribution is 2.18. The SMILES string of the molecule is CC(=O)c1ccc(NCCc2ncn[nH]2)cc1N. The van der Waals surface area contributed by atoms with Crippen LogP contribution in [0, 0.1) is 0 Å². The molecule has 0 radical (unpaired) electrons. The number of Topliss-reactive ketones (excluding diaryl/α,β-unsaturated/α-hetero) is 1. The number of nitrogen functional groups attached to an aromatic ring is 1. The molecule has 0 unspecified atom stereocenters. The van der Waals surface area contributed by atoms with Gasteiger partial charge in [0.2, 0.25) is 0 Å². The lowest BCUT2D eigenvalue weighted by molar-refractivity contribution is 0.101. The van der Waals surface area contributed by atoms with E-state index in [0.29, 0.717) is 17.8 Å². The molecule has 18 heavy (non-hydrogen) atoms. The van der Waals surface area contributed by atoms with E-state index in [9.17, 15) is 4.79 Å². The van der Waals surface area contributed by atoms with Gasteiger partial charge in [0.1, 0.15) is 12.2 Å². The van der Waals surface area contributed by atoms with Gasteiger partial charge >= 0.3 is 0 Å². The zero-order valence-corrected chi connectivity index (χ0v) is 10.1. The second kappa shape index (κ2) is 5.31. The molecule has 6 heteroatoms. The number of anilines is 2. The summed E-state index contributed by atoms with van der Waals surface area (Å²) < 4.78 is 0. The van der Waals surface area contributed by atoms with Gasteiger partial charge in [-0.1, -0.05) is 0 Å². The summed E-state index contributed by atoms with van der Waals surface area (Å²) in [6.07, 6.45) is 2.23. The van der Waals surface area contributed by atoms with Crippen LogP contribution in [0.4, 0.5) is 11.4 Å². The Morgan fingerprint density at radius 1 is 1.50 bits per heavy atom. The van der Waals surface area contributed by atoms with E-state index in [1.807, 2.05) is 6.07 Å². The Balaban J connectivity index is 1.94. The largest absolute Gasteiger partial charge is 0.398 e. The summed E-state index contributed by atoms with van der Waals surface area (Å²) in [6.45, 7) is 2.22. The van der Waals surface area contributed by atoms with E-state index >= 15 is 0 Å². The van der Waals surface area contributed by atoms with Crippen molar-refractivity contribution in [2.75, 3.05) is 17.6 Å². The molecule has 4 N–H and O–H groups in total. The normalized spacial score (nSPS) is 10.3. The average Bonchev–Trinajstić information content (AvgIpc) is 2.81. The first kappa shape index (κ1) is 12.1. The number of carbonyl (C=O) groups is 1. The number of rotatable bonds is 5. The monoisotopic (exact) mass is 245 g/mol. The Kier molecular flexibility index (Phi) is 3.57. The van der Waals surface area contributed by atoms with Crippen molar-refractivity contribution in [1.29, 1.82) is 0 Å². The second-order valence-electron chi connectivity index (χ2n) is 3.97. The number of benzene rings is 1. The van der Waals surface area contributed by atoms with Crippen LogP contribution in [0.3, 0.4) is 0 Å². The van der Waals surface area contributed by atoms with Crippen LogP contribution in [-0.4, -0.2) is 27.5 Å². The van der Waals surface area contributed by atoms with E-state index in [1.54, 1.807) is 12.1 Å². The predicted molar refractivity (Wildman–Crippen MR) is 69.4 cm³/mol. The predicted octanol–water partition coefficient (Wildman–Crippen LogP) is 1.24. The minimum Gasteiger partial charge on any atom is -0.398 e. The molecule has 0 spiro atoms. The van der Waals surface area contributed by atoms with Gasteiger partial charge in [0.15, 0.2) is 5.78 Å². The van der Waals surface area contributed by atoms with Crippen LogP contribution >= 0.6 is 0 Å². The van der Waals surface area contributed by atoms with Crippen LogP contribution in [0.2, 0.25) is 0 Å². The summed E-state index contributed by atoms with van der Waals surface area (Å²) in [5, 5.41) is 9.77. The number of nitrogens with two attached hydrogens (primary N) is 1. The number of hydrogen-bond acceptors (Lipinski definition) is 5. The maximum atomic E-state index is 11.2. The highest BCUT2D eigenvalue weighted by atomic mass is 16.1. The summed E-state index contributed by atoms with van der Waals surface area (Å²) in [7, 11) is 0. The summed E-state index contributed by atoms with van der Waals surface area (Å²) >= 11 is 0. The molecule has 0 amide bonds. The Bertz CT molecular complexity index is 535. The third-order valence-corrected chi connectivity index (χ3v) is 2.59. The zero-order valence-electron chi connectivity index (χ0n) is 10.1. The molecule has 0 aliphatic rings. The Morgan fingerprint density at radius 3 is 2.94 bits per heavy atom. The van der Waals surface area contributed by atoms with Crippen molar-refractivity contribution in [1.82, 2.24) is 15.2 Å². The third-order valence-electron chi connectivity index (χ3n) is 2.59. The molecule has 0 atom stereocenters. The van der Waals surface area contributed by atoms with Crippen molar-refractivity contribution in [2.24, 2.45) is 0 Å². The average molecular weight is 245 g/mol.